The van der Waals surface area contributed by atoms with Crippen molar-refractivity contribution in [3.63, 3.8) is 0 Å². The summed E-state index contributed by atoms with van der Waals surface area (Å²) < 4.78 is 9.95. The minimum Gasteiger partial charge on any atom is -0.465 e. The largest absolute Gasteiger partial charge is 0.465 e. The number of ether oxygens (including phenoxy) is 1. The Bertz CT molecular complexity index is 1160. The van der Waals surface area contributed by atoms with Gasteiger partial charge in [0.1, 0.15) is 17.3 Å². The highest BCUT2D eigenvalue weighted by atomic mass is 35.5. The third-order valence-electron chi connectivity index (χ3n) is 3.98. The van der Waals surface area contributed by atoms with E-state index < -0.39 is 11.9 Å². The normalized spacial score (nSPS) is 10.9. The minimum atomic E-state index is -0.830. The highest BCUT2D eigenvalue weighted by Crippen LogP contribution is 2.38. The maximum Gasteiger partial charge on any atom is 0.345 e. The second kappa shape index (κ2) is 9.27. The van der Waals surface area contributed by atoms with Gasteiger partial charge in [-0.15, -0.1) is 0 Å². The number of halogens is 2. The van der Waals surface area contributed by atoms with Crippen LogP contribution in [-0.2, 0) is 9.53 Å². The molecule has 30 heavy (non-hydrogen) atoms. The molecule has 0 fully saturated rings. The quantitative estimate of drug-likeness (QED) is 0.340. The maximum absolute atomic E-state index is 12.6. The molecule has 1 heterocycles. The molecule has 0 saturated carbocycles. The summed E-state index contributed by atoms with van der Waals surface area (Å²) in [6.45, 7) is 0. The lowest BCUT2D eigenvalue weighted by atomic mass is 10.1. The van der Waals surface area contributed by atoms with Crippen LogP contribution in [0, 0.1) is 11.3 Å². The highest BCUT2D eigenvalue weighted by Gasteiger charge is 2.29. The molecule has 7 nitrogen and oxygen atoms in total. The van der Waals surface area contributed by atoms with E-state index in [0.717, 1.165) is 7.11 Å². The molecule has 1 aromatic heterocycles. The first kappa shape index (κ1) is 21.1. The molecule has 0 aliphatic heterocycles. The molecule has 0 aliphatic carbocycles. The van der Waals surface area contributed by atoms with Crippen molar-refractivity contribution in [2.24, 2.45) is 0 Å². The molecule has 0 spiro atoms. The third-order valence-corrected chi connectivity index (χ3v) is 4.61. The Morgan fingerprint density at radius 1 is 1.13 bits per heavy atom. The third kappa shape index (κ3) is 4.35. The zero-order valence-electron chi connectivity index (χ0n) is 15.5. The first-order valence-corrected chi connectivity index (χ1v) is 9.22. The van der Waals surface area contributed by atoms with Crippen molar-refractivity contribution in [2.45, 2.75) is 0 Å². The van der Waals surface area contributed by atoms with Crippen LogP contribution in [0.3, 0.4) is 0 Å². The monoisotopic (exact) mass is 441 g/mol. The fourth-order valence-corrected chi connectivity index (χ4v) is 3.17. The van der Waals surface area contributed by atoms with Gasteiger partial charge < -0.3 is 9.26 Å². The van der Waals surface area contributed by atoms with Crippen molar-refractivity contribution in [2.75, 3.05) is 12.4 Å². The molecule has 150 valence electrons. The number of carbonyl (C=O) groups excluding carboxylic acids is 2. The van der Waals surface area contributed by atoms with Gasteiger partial charge in [0.25, 0.3) is 5.91 Å². The van der Waals surface area contributed by atoms with Gasteiger partial charge in [0.15, 0.2) is 5.56 Å². The molecule has 0 aliphatic rings. The van der Waals surface area contributed by atoms with Gasteiger partial charge in [0.05, 0.1) is 17.2 Å². The minimum absolute atomic E-state index is 0.00158. The highest BCUT2D eigenvalue weighted by molar-refractivity contribution is 6.39. The SMILES string of the molecule is COC(=O)c1c(-c2c(Cl)cccc2Cl)noc1NC(=O)/C(C#N)=C/c1ccccc1. The van der Waals surface area contributed by atoms with Gasteiger partial charge in [-0.3, -0.25) is 10.1 Å². The number of carbonyl (C=O) groups is 2. The molecule has 0 unspecified atom stereocenters. The number of hydrogen-bond donors (Lipinski definition) is 1. The number of anilines is 1. The lowest BCUT2D eigenvalue weighted by molar-refractivity contribution is -0.112. The summed E-state index contributed by atoms with van der Waals surface area (Å²) in [7, 11) is 1.16. The average Bonchev–Trinajstić information content (AvgIpc) is 3.15. The summed E-state index contributed by atoms with van der Waals surface area (Å²) in [5.74, 6) is -1.92. The first-order chi connectivity index (χ1) is 14.5. The van der Waals surface area contributed by atoms with Gasteiger partial charge in [-0.1, -0.05) is 64.8 Å². The van der Waals surface area contributed by atoms with E-state index in [1.807, 2.05) is 12.1 Å². The predicted octanol–water partition coefficient (Wildman–Crippen LogP) is 4.98. The standard InChI is InChI=1S/C21H13Cl2N3O4/c1-29-21(28)17-18(16-14(22)8-5-9-15(16)23)26-30-20(17)25-19(27)13(11-24)10-12-6-3-2-4-7-12/h2-10H,1H3,(H,25,27)/b13-10+. The number of methoxy groups -OCH3 is 1. The van der Waals surface area contributed by atoms with Crippen LogP contribution in [0.5, 0.6) is 0 Å². The van der Waals surface area contributed by atoms with Crippen LogP contribution in [0.4, 0.5) is 5.88 Å². The summed E-state index contributed by atoms with van der Waals surface area (Å²) in [4.78, 5) is 25.0. The second-order valence-electron chi connectivity index (χ2n) is 5.86. The molecule has 0 radical (unpaired) electrons. The Kier molecular flexibility index (Phi) is 6.52. The molecule has 2 aromatic carbocycles. The molecule has 1 N–H and O–H groups in total. The molecule has 1 amide bonds. The summed E-state index contributed by atoms with van der Waals surface area (Å²) in [6.07, 6.45) is 1.40. The lowest BCUT2D eigenvalue weighted by Crippen LogP contribution is -2.16. The van der Waals surface area contributed by atoms with Crippen LogP contribution in [0.15, 0.2) is 58.6 Å². The van der Waals surface area contributed by atoms with Crippen LogP contribution in [0.2, 0.25) is 10.0 Å². The number of nitriles is 1. The van der Waals surface area contributed by atoms with Gasteiger partial charge in [-0.05, 0) is 23.8 Å². The van der Waals surface area contributed by atoms with Gasteiger partial charge in [0, 0.05) is 5.56 Å². The Balaban J connectivity index is 2.02. The number of esters is 1. The van der Waals surface area contributed by atoms with Gasteiger partial charge in [-0.2, -0.15) is 5.26 Å². The van der Waals surface area contributed by atoms with Crippen LogP contribution < -0.4 is 5.32 Å². The van der Waals surface area contributed by atoms with Crippen molar-refractivity contribution in [1.29, 1.82) is 5.26 Å². The average molecular weight is 442 g/mol. The van der Waals surface area contributed by atoms with E-state index in [9.17, 15) is 14.9 Å². The van der Waals surface area contributed by atoms with Crippen molar-refractivity contribution < 1.29 is 18.8 Å². The number of nitrogens with one attached hydrogen (secondary N) is 1. The van der Waals surface area contributed by atoms with Crippen LogP contribution in [0.25, 0.3) is 17.3 Å². The summed E-state index contributed by atoms with van der Waals surface area (Å²) >= 11 is 12.4. The first-order valence-electron chi connectivity index (χ1n) is 8.46. The number of rotatable bonds is 5. The molecular formula is C21H13Cl2N3O4. The molecule has 0 bridgehead atoms. The Morgan fingerprint density at radius 2 is 1.80 bits per heavy atom. The van der Waals surface area contributed by atoms with Crippen molar-refractivity contribution in [3.8, 4) is 17.3 Å². The number of benzene rings is 2. The molecule has 9 heteroatoms. The number of amides is 1. The van der Waals surface area contributed by atoms with Crippen molar-refractivity contribution in [3.05, 3.63) is 75.3 Å². The fourth-order valence-electron chi connectivity index (χ4n) is 2.60. The number of aromatic nitrogens is 1. The molecular weight excluding hydrogens is 429 g/mol. The lowest BCUT2D eigenvalue weighted by Gasteiger charge is -2.06. The zero-order chi connectivity index (χ0) is 21.7. The van der Waals surface area contributed by atoms with Crippen molar-refractivity contribution >= 4 is 47.0 Å². The summed E-state index contributed by atoms with van der Waals surface area (Å²) in [6, 6.07) is 15.4. The van der Waals surface area contributed by atoms with Gasteiger partial charge in [-0.25, -0.2) is 4.79 Å². The van der Waals surface area contributed by atoms with E-state index in [0.29, 0.717) is 5.56 Å². The van der Waals surface area contributed by atoms with Crippen LogP contribution in [-0.4, -0.2) is 24.1 Å². The fraction of sp³-hybridized carbons (Fsp3) is 0.0476. The van der Waals surface area contributed by atoms with Gasteiger partial charge in [0.2, 0.25) is 5.88 Å². The van der Waals surface area contributed by atoms with E-state index in [1.54, 1.807) is 42.5 Å². The molecule has 0 saturated heterocycles. The topological polar surface area (TPSA) is 105 Å². The number of nitrogens with zero attached hydrogens (tertiary/aromatic N) is 2. The van der Waals surface area contributed by atoms with E-state index in [-0.39, 0.29) is 38.3 Å². The molecule has 3 rings (SSSR count). The molecule has 3 aromatic rings. The van der Waals surface area contributed by atoms with Crippen LogP contribution >= 0.6 is 23.2 Å². The smallest absolute Gasteiger partial charge is 0.345 e. The van der Waals surface area contributed by atoms with Gasteiger partial charge >= 0.3 is 5.97 Å². The summed E-state index contributed by atoms with van der Waals surface area (Å²) in [5, 5.41) is 16.0. The van der Waals surface area contributed by atoms with Crippen molar-refractivity contribution in [1.82, 2.24) is 5.16 Å². The van der Waals surface area contributed by atoms with Crippen LogP contribution in [0.1, 0.15) is 15.9 Å². The van der Waals surface area contributed by atoms with E-state index >= 15 is 0 Å². The Morgan fingerprint density at radius 3 is 2.40 bits per heavy atom. The second-order valence-corrected chi connectivity index (χ2v) is 6.67. The molecule has 0 atom stereocenters. The van der Waals surface area contributed by atoms with E-state index in [2.05, 4.69) is 10.5 Å². The maximum atomic E-state index is 12.6. The Hall–Kier alpha value is -3.60. The zero-order valence-corrected chi connectivity index (χ0v) is 17.0. The Labute approximate surface area is 181 Å². The summed E-state index contributed by atoms with van der Waals surface area (Å²) in [5.41, 5.74) is 0.506. The predicted molar refractivity (Wildman–Crippen MR) is 112 cm³/mol. The van der Waals surface area contributed by atoms with E-state index in [1.165, 1.54) is 6.08 Å². The van der Waals surface area contributed by atoms with E-state index in [4.69, 9.17) is 32.5 Å². The number of hydrogen-bond acceptors (Lipinski definition) is 6.